The Labute approximate surface area is 88.0 Å². The Bertz CT molecular complexity index is 385. The lowest BCUT2D eigenvalue weighted by Gasteiger charge is -2.10. The van der Waals surface area contributed by atoms with Crippen LogP contribution in [0.2, 0.25) is 0 Å². The van der Waals surface area contributed by atoms with E-state index in [1.807, 2.05) is 6.07 Å². The van der Waals surface area contributed by atoms with E-state index in [0.717, 1.165) is 0 Å². The van der Waals surface area contributed by atoms with E-state index in [0.29, 0.717) is 17.1 Å². The van der Waals surface area contributed by atoms with Crippen LogP contribution in [0.4, 0.5) is 0 Å². The van der Waals surface area contributed by atoms with Gasteiger partial charge in [-0.05, 0) is 12.1 Å². The van der Waals surface area contributed by atoms with Crippen LogP contribution in [0.5, 0.6) is 11.5 Å². The lowest BCUT2D eigenvalue weighted by molar-refractivity contribution is 0.0991. The van der Waals surface area contributed by atoms with E-state index in [1.54, 1.807) is 18.2 Å². The van der Waals surface area contributed by atoms with Gasteiger partial charge in [-0.1, -0.05) is 6.07 Å². The van der Waals surface area contributed by atoms with Crippen molar-refractivity contribution in [3.63, 3.8) is 0 Å². The van der Waals surface area contributed by atoms with Crippen LogP contribution in [0.25, 0.3) is 0 Å². The Morgan fingerprint density at radius 2 is 1.87 bits per heavy atom. The molecular weight excluding hydrogens is 194 g/mol. The molecule has 0 aliphatic carbocycles. The molecule has 0 aliphatic heterocycles. The molecule has 0 aromatic heterocycles. The number of nitriles is 1. The van der Waals surface area contributed by atoms with Crippen LogP contribution in [0.3, 0.4) is 0 Å². The zero-order valence-electron chi connectivity index (χ0n) is 8.61. The summed E-state index contributed by atoms with van der Waals surface area (Å²) in [6, 6.07) is 6.85. The highest BCUT2D eigenvalue weighted by molar-refractivity contribution is 6.02. The molecule has 0 N–H and O–H groups in total. The van der Waals surface area contributed by atoms with E-state index in [1.165, 1.54) is 14.2 Å². The third kappa shape index (κ3) is 2.26. The summed E-state index contributed by atoms with van der Waals surface area (Å²) < 4.78 is 10.1. The summed E-state index contributed by atoms with van der Waals surface area (Å²) in [4.78, 5) is 11.6. The average molecular weight is 205 g/mol. The zero-order valence-corrected chi connectivity index (χ0v) is 8.61. The standard InChI is InChI=1S/C11H11NO3/c1-14-9-4-3-5-10(15-2)11(9)8(13)6-7-12/h3-5H,6H2,1-2H3. The molecule has 15 heavy (non-hydrogen) atoms. The van der Waals surface area contributed by atoms with Crippen LogP contribution >= 0.6 is 0 Å². The highest BCUT2D eigenvalue weighted by Crippen LogP contribution is 2.29. The van der Waals surface area contributed by atoms with Crippen molar-refractivity contribution in [2.75, 3.05) is 14.2 Å². The molecule has 0 saturated carbocycles. The van der Waals surface area contributed by atoms with Crippen molar-refractivity contribution in [3.05, 3.63) is 23.8 Å². The molecule has 0 bridgehead atoms. The number of methoxy groups -OCH3 is 2. The lowest BCUT2D eigenvalue weighted by Crippen LogP contribution is -2.04. The van der Waals surface area contributed by atoms with Gasteiger partial charge in [0.1, 0.15) is 17.1 Å². The van der Waals surface area contributed by atoms with Crippen LogP contribution in [0, 0.1) is 11.3 Å². The summed E-state index contributed by atoms with van der Waals surface area (Å²) in [6.07, 6.45) is -0.184. The van der Waals surface area contributed by atoms with Crippen molar-refractivity contribution >= 4 is 5.78 Å². The van der Waals surface area contributed by atoms with Crippen molar-refractivity contribution in [2.24, 2.45) is 0 Å². The number of ketones is 1. The van der Waals surface area contributed by atoms with Crippen molar-refractivity contribution in [2.45, 2.75) is 6.42 Å². The maximum Gasteiger partial charge on any atom is 0.184 e. The molecular formula is C11H11NO3. The van der Waals surface area contributed by atoms with E-state index in [-0.39, 0.29) is 12.2 Å². The summed E-state index contributed by atoms with van der Waals surface area (Å²) in [6.45, 7) is 0. The molecule has 0 heterocycles. The van der Waals surface area contributed by atoms with Gasteiger partial charge in [-0.25, -0.2) is 0 Å². The van der Waals surface area contributed by atoms with Gasteiger partial charge in [0.15, 0.2) is 5.78 Å². The van der Waals surface area contributed by atoms with Crippen LogP contribution in [0.1, 0.15) is 16.8 Å². The molecule has 0 atom stereocenters. The Hall–Kier alpha value is -2.02. The van der Waals surface area contributed by atoms with Crippen LogP contribution in [-0.4, -0.2) is 20.0 Å². The molecule has 0 spiro atoms. The van der Waals surface area contributed by atoms with Gasteiger partial charge in [-0.2, -0.15) is 5.26 Å². The number of carbonyl (C=O) groups is 1. The van der Waals surface area contributed by atoms with Gasteiger partial charge >= 0.3 is 0 Å². The monoisotopic (exact) mass is 205 g/mol. The Kier molecular flexibility index (Phi) is 3.69. The number of nitrogens with zero attached hydrogens (tertiary/aromatic N) is 1. The average Bonchev–Trinajstić information content (AvgIpc) is 2.28. The van der Waals surface area contributed by atoms with E-state index in [4.69, 9.17) is 14.7 Å². The molecule has 0 unspecified atom stereocenters. The maximum absolute atomic E-state index is 11.6. The van der Waals surface area contributed by atoms with Crippen molar-refractivity contribution in [3.8, 4) is 17.6 Å². The number of hydrogen-bond acceptors (Lipinski definition) is 4. The van der Waals surface area contributed by atoms with Gasteiger partial charge in [-0.3, -0.25) is 4.79 Å². The molecule has 4 heteroatoms. The largest absolute Gasteiger partial charge is 0.496 e. The second-order valence-electron chi connectivity index (χ2n) is 2.80. The third-order valence-electron chi connectivity index (χ3n) is 1.95. The summed E-state index contributed by atoms with van der Waals surface area (Å²) in [5.41, 5.74) is 0.323. The molecule has 0 fully saturated rings. The van der Waals surface area contributed by atoms with Crippen LogP contribution in [0.15, 0.2) is 18.2 Å². The van der Waals surface area contributed by atoms with Gasteiger partial charge in [-0.15, -0.1) is 0 Å². The van der Waals surface area contributed by atoms with Crippen molar-refractivity contribution < 1.29 is 14.3 Å². The number of Topliss-reactive ketones (excluding diaryl/α,β-unsaturated/α-hetero) is 1. The normalized spacial score (nSPS) is 9.13. The second kappa shape index (κ2) is 5.01. The minimum atomic E-state index is -0.299. The first-order valence-corrected chi connectivity index (χ1v) is 4.35. The van der Waals surface area contributed by atoms with Gasteiger partial charge in [0.05, 0.1) is 26.7 Å². The first-order valence-electron chi connectivity index (χ1n) is 4.35. The second-order valence-corrected chi connectivity index (χ2v) is 2.80. The third-order valence-corrected chi connectivity index (χ3v) is 1.95. The van der Waals surface area contributed by atoms with Gasteiger partial charge < -0.3 is 9.47 Å². The minimum Gasteiger partial charge on any atom is -0.496 e. The van der Waals surface area contributed by atoms with Gasteiger partial charge in [0, 0.05) is 0 Å². The van der Waals surface area contributed by atoms with Crippen molar-refractivity contribution in [1.29, 1.82) is 5.26 Å². The Morgan fingerprint density at radius 3 is 2.27 bits per heavy atom. The fraction of sp³-hybridized carbons (Fsp3) is 0.273. The van der Waals surface area contributed by atoms with E-state index >= 15 is 0 Å². The highest BCUT2D eigenvalue weighted by atomic mass is 16.5. The van der Waals surface area contributed by atoms with E-state index in [9.17, 15) is 4.79 Å². The topological polar surface area (TPSA) is 59.3 Å². The first kappa shape index (κ1) is 11.1. The molecule has 1 aromatic rings. The van der Waals surface area contributed by atoms with Gasteiger partial charge in [0.25, 0.3) is 0 Å². The zero-order chi connectivity index (χ0) is 11.3. The fourth-order valence-corrected chi connectivity index (χ4v) is 1.29. The van der Waals surface area contributed by atoms with Gasteiger partial charge in [0.2, 0.25) is 0 Å². The summed E-state index contributed by atoms with van der Waals surface area (Å²) in [5, 5.41) is 8.47. The number of benzene rings is 1. The molecule has 0 radical (unpaired) electrons. The van der Waals surface area contributed by atoms with Crippen LogP contribution in [-0.2, 0) is 0 Å². The van der Waals surface area contributed by atoms with Crippen molar-refractivity contribution in [1.82, 2.24) is 0 Å². The van der Waals surface area contributed by atoms with E-state index in [2.05, 4.69) is 0 Å². The molecule has 0 saturated heterocycles. The predicted octanol–water partition coefficient (Wildman–Crippen LogP) is 1.80. The Balaban J connectivity index is 3.23. The molecule has 0 aliphatic rings. The predicted molar refractivity (Wildman–Crippen MR) is 54.1 cm³/mol. The number of ether oxygens (including phenoxy) is 2. The Morgan fingerprint density at radius 1 is 1.33 bits per heavy atom. The maximum atomic E-state index is 11.6. The number of carbonyl (C=O) groups excluding carboxylic acids is 1. The molecule has 78 valence electrons. The summed E-state index contributed by atoms with van der Waals surface area (Å²) >= 11 is 0. The van der Waals surface area contributed by atoms with Crippen LogP contribution < -0.4 is 9.47 Å². The smallest absolute Gasteiger partial charge is 0.184 e. The molecule has 1 rings (SSSR count). The SMILES string of the molecule is COc1cccc(OC)c1C(=O)CC#N. The van der Waals surface area contributed by atoms with E-state index < -0.39 is 0 Å². The minimum absolute atomic E-state index is 0.184. The summed E-state index contributed by atoms with van der Waals surface area (Å²) in [7, 11) is 2.94. The summed E-state index contributed by atoms with van der Waals surface area (Å²) in [5.74, 6) is 0.552. The lowest BCUT2D eigenvalue weighted by atomic mass is 10.1. The molecule has 1 aromatic carbocycles. The quantitative estimate of drug-likeness (QED) is 0.703. The molecule has 0 amide bonds. The first-order chi connectivity index (χ1) is 7.24. The number of hydrogen-bond donors (Lipinski definition) is 0. The fourth-order valence-electron chi connectivity index (χ4n) is 1.29. The number of rotatable bonds is 4. The molecule has 4 nitrogen and oxygen atoms in total. The highest BCUT2D eigenvalue weighted by Gasteiger charge is 2.17.